The Morgan fingerprint density at radius 3 is 2.56 bits per heavy atom. The normalized spacial score (nSPS) is 20.2. The minimum Gasteiger partial charge on any atom is -0.487 e. The molecule has 9 heteroatoms. The summed E-state index contributed by atoms with van der Waals surface area (Å²) in [4.78, 5) is 29.5. The molecule has 0 spiro atoms. The second kappa shape index (κ2) is 11.2. The van der Waals surface area contributed by atoms with Crippen LogP contribution in [0.3, 0.4) is 0 Å². The van der Waals surface area contributed by atoms with Gasteiger partial charge in [0.05, 0.1) is 11.6 Å². The lowest BCUT2D eigenvalue weighted by Gasteiger charge is -2.35. The Morgan fingerprint density at radius 2 is 1.83 bits per heavy atom. The van der Waals surface area contributed by atoms with E-state index in [9.17, 15) is 9.59 Å². The topological polar surface area (TPSA) is 71.1 Å². The second-order valence-electron chi connectivity index (χ2n) is 10.3. The number of rotatable bonds is 5. The highest BCUT2D eigenvalue weighted by Gasteiger charge is 2.35. The Labute approximate surface area is 222 Å². The number of ether oxygens (including phenoxy) is 2. The summed E-state index contributed by atoms with van der Waals surface area (Å²) in [5, 5.41) is 4.03. The van der Waals surface area contributed by atoms with Crippen LogP contribution in [0.1, 0.15) is 46.5 Å². The van der Waals surface area contributed by atoms with Gasteiger partial charge in [-0.25, -0.2) is 4.79 Å². The number of halogens is 2. The highest BCUT2D eigenvalue weighted by molar-refractivity contribution is 6.32. The highest BCUT2D eigenvalue weighted by atomic mass is 35.5. The van der Waals surface area contributed by atoms with Crippen LogP contribution in [0.2, 0.25) is 10.0 Å². The minimum absolute atomic E-state index is 0.00783. The molecule has 0 radical (unpaired) electrons. The molecule has 194 valence electrons. The number of likely N-dealkylation sites (tertiary alicyclic amines) is 1. The standard InChI is InChI=1S/C27H33Cl2N3O4/c1-27(2,3)36-26(34)32-13-5-4-9-23(32)25(33)30-19-10-11-24(22(29)16-19)35-21-12-14-31(17-21)20-8-6-7-18(28)15-20/h6-8,10-11,15-16,21,23H,4-5,9,12-14,17H2,1-3H3,(H,30,33)/t21-,23+/m0/s1. The molecule has 0 aromatic heterocycles. The van der Waals surface area contributed by atoms with Crippen LogP contribution in [0, 0.1) is 0 Å². The van der Waals surface area contributed by atoms with Crippen molar-refractivity contribution in [3.63, 3.8) is 0 Å². The monoisotopic (exact) mass is 533 g/mol. The fourth-order valence-electron chi connectivity index (χ4n) is 4.55. The van der Waals surface area contributed by atoms with E-state index in [4.69, 9.17) is 32.7 Å². The van der Waals surface area contributed by atoms with Gasteiger partial charge < -0.3 is 19.7 Å². The van der Waals surface area contributed by atoms with Gasteiger partial charge in [0, 0.05) is 35.9 Å². The molecule has 4 rings (SSSR count). The summed E-state index contributed by atoms with van der Waals surface area (Å²) in [6.07, 6.45) is 2.70. The van der Waals surface area contributed by atoms with Gasteiger partial charge in [0.15, 0.2) is 0 Å². The smallest absolute Gasteiger partial charge is 0.410 e. The van der Waals surface area contributed by atoms with Crippen molar-refractivity contribution in [1.29, 1.82) is 0 Å². The molecule has 7 nitrogen and oxygen atoms in total. The number of carbonyl (C=O) groups is 2. The molecule has 2 saturated heterocycles. The maximum atomic E-state index is 13.1. The second-order valence-corrected chi connectivity index (χ2v) is 11.1. The van der Waals surface area contributed by atoms with Crippen molar-refractivity contribution >= 4 is 46.6 Å². The zero-order chi connectivity index (χ0) is 25.9. The van der Waals surface area contributed by atoms with Gasteiger partial charge in [0.25, 0.3) is 0 Å². The molecule has 2 atom stereocenters. The lowest BCUT2D eigenvalue weighted by molar-refractivity contribution is -0.122. The van der Waals surface area contributed by atoms with E-state index in [-0.39, 0.29) is 12.0 Å². The van der Waals surface area contributed by atoms with Gasteiger partial charge in [0.1, 0.15) is 23.5 Å². The largest absolute Gasteiger partial charge is 0.487 e. The van der Waals surface area contributed by atoms with Gasteiger partial charge >= 0.3 is 6.09 Å². The molecule has 2 aliphatic heterocycles. The van der Waals surface area contributed by atoms with Crippen molar-refractivity contribution in [1.82, 2.24) is 4.90 Å². The van der Waals surface area contributed by atoms with Crippen LogP contribution in [0.5, 0.6) is 5.75 Å². The summed E-state index contributed by atoms with van der Waals surface area (Å²) in [5.74, 6) is 0.318. The molecule has 2 aromatic rings. The van der Waals surface area contributed by atoms with Crippen LogP contribution < -0.4 is 15.0 Å². The molecule has 2 amide bonds. The lowest BCUT2D eigenvalue weighted by atomic mass is 10.0. The molecule has 2 aliphatic rings. The third-order valence-corrected chi connectivity index (χ3v) is 6.78. The fourth-order valence-corrected chi connectivity index (χ4v) is 4.96. The van der Waals surface area contributed by atoms with Gasteiger partial charge in [-0.05, 0) is 76.4 Å². The van der Waals surface area contributed by atoms with Gasteiger partial charge in [0.2, 0.25) is 5.91 Å². The summed E-state index contributed by atoms with van der Waals surface area (Å²) in [7, 11) is 0. The van der Waals surface area contributed by atoms with E-state index < -0.39 is 17.7 Å². The van der Waals surface area contributed by atoms with Gasteiger partial charge in [-0.3, -0.25) is 9.69 Å². The predicted molar refractivity (Wildman–Crippen MR) is 143 cm³/mol. The van der Waals surface area contributed by atoms with E-state index in [1.807, 2.05) is 45.0 Å². The van der Waals surface area contributed by atoms with Crippen LogP contribution in [0.15, 0.2) is 42.5 Å². The van der Waals surface area contributed by atoms with Crippen molar-refractivity contribution in [2.75, 3.05) is 29.9 Å². The van der Waals surface area contributed by atoms with Crippen LogP contribution in [-0.4, -0.2) is 54.3 Å². The van der Waals surface area contributed by atoms with Crippen molar-refractivity contribution in [3.05, 3.63) is 52.5 Å². The predicted octanol–water partition coefficient (Wildman–Crippen LogP) is 6.38. The molecule has 1 N–H and O–H groups in total. The van der Waals surface area contributed by atoms with Crippen molar-refractivity contribution in [2.45, 2.75) is 64.2 Å². The Morgan fingerprint density at radius 1 is 1.03 bits per heavy atom. The number of nitrogens with zero attached hydrogens (tertiary/aromatic N) is 2. The molecule has 0 saturated carbocycles. The Kier molecular flexibility index (Phi) is 8.20. The Balaban J connectivity index is 1.36. The molecular formula is C27H33Cl2N3O4. The van der Waals surface area contributed by atoms with E-state index in [1.165, 1.54) is 4.90 Å². The molecule has 2 fully saturated rings. The van der Waals surface area contributed by atoms with Gasteiger partial charge in [-0.15, -0.1) is 0 Å². The highest BCUT2D eigenvalue weighted by Crippen LogP contribution is 2.32. The zero-order valence-electron chi connectivity index (χ0n) is 20.9. The van der Waals surface area contributed by atoms with Crippen molar-refractivity contribution in [3.8, 4) is 5.75 Å². The molecule has 0 aliphatic carbocycles. The summed E-state index contributed by atoms with van der Waals surface area (Å²) in [6, 6.07) is 12.4. The number of amides is 2. The number of hydrogen-bond donors (Lipinski definition) is 1. The average Bonchev–Trinajstić information content (AvgIpc) is 3.28. The molecule has 2 aromatic carbocycles. The summed E-state index contributed by atoms with van der Waals surface area (Å²) < 4.78 is 11.7. The first-order chi connectivity index (χ1) is 17.1. The number of nitrogens with one attached hydrogen (secondary N) is 1. The summed E-state index contributed by atoms with van der Waals surface area (Å²) in [5.41, 5.74) is 1.00. The number of carbonyl (C=O) groups excluding carboxylic acids is 2. The Hall–Kier alpha value is -2.64. The summed E-state index contributed by atoms with van der Waals surface area (Å²) in [6.45, 7) is 7.54. The Bertz CT molecular complexity index is 1100. The molecule has 36 heavy (non-hydrogen) atoms. The SMILES string of the molecule is CC(C)(C)OC(=O)N1CCCC[C@@H]1C(=O)Nc1ccc(O[C@H]2CCN(c3cccc(Cl)c3)C2)c(Cl)c1. The van der Waals surface area contributed by atoms with E-state index in [1.54, 1.807) is 18.2 Å². The van der Waals surface area contributed by atoms with Crippen molar-refractivity contribution in [2.24, 2.45) is 0 Å². The van der Waals surface area contributed by atoms with E-state index >= 15 is 0 Å². The number of benzene rings is 2. The number of hydrogen-bond acceptors (Lipinski definition) is 5. The lowest BCUT2D eigenvalue weighted by Crippen LogP contribution is -2.51. The minimum atomic E-state index is -0.622. The third-order valence-electron chi connectivity index (χ3n) is 6.24. The van der Waals surface area contributed by atoms with Gasteiger partial charge in [-0.2, -0.15) is 0 Å². The fraction of sp³-hybridized carbons (Fsp3) is 0.481. The first kappa shape index (κ1) is 26.4. The first-order valence-corrected chi connectivity index (χ1v) is 13.1. The summed E-state index contributed by atoms with van der Waals surface area (Å²) >= 11 is 12.6. The quantitative estimate of drug-likeness (QED) is 0.482. The molecule has 0 bridgehead atoms. The van der Waals surface area contributed by atoms with Crippen LogP contribution in [0.4, 0.5) is 16.2 Å². The third kappa shape index (κ3) is 6.77. The van der Waals surface area contributed by atoms with Gasteiger partial charge in [-0.1, -0.05) is 29.3 Å². The van der Waals surface area contributed by atoms with E-state index in [0.717, 1.165) is 38.0 Å². The van der Waals surface area contributed by atoms with Crippen LogP contribution >= 0.6 is 23.2 Å². The number of piperidine rings is 1. The molecule has 2 heterocycles. The maximum Gasteiger partial charge on any atom is 0.410 e. The van der Waals surface area contributed by atoms with Crippen LogP contribution in [0.25, 0.3) is 0 Å². The number of anilines is 2. The van der Waals surface area contributed by atoms with Crippen molar-refractivity contribution < 1.29 is 19.1 Å². The zero-order valence-corrected chi connectivity index (χ0v) is 22.4. The molecule has 0 unspecified atom stereocenters. The average molecular weight is 534 g/mol. The van der Waals surface area contributed by atoms with Crippen LogP contribution in [-0.2, 0) is 9.53 Å². The maximum absolute atomic E-state index is 13.1. The van der Waals surface area contributed by atoms with E-state index in [2.05, 4.69) is 10.2 Å². The van der Waals surface area contributed by atoms with E-state index in [0.29, 0.717) is 34.4 Å². The first-order valence-electron chi connectivity index (χ1n) is 12.4. The molecular weight excluding hydrogens is 501 g/mol.